The lowest BCUT2D eigenvalue weighted by Gasteiger charge is -2.34. The second-order valence-electron chi connectivity index (χ2n) is 8.52. The second-order valence-corrected chi connectivity index (χ2v) is 8.52. The summed E-state index contributed by atoms with van der Waals surface area (Å²) in [5.74, 6) is -1.24. The minimum Gasteiger partial charge on any atom is -0.336 e. The summed E-state index contributed by atoms with van der Waals surface area (Å²) in [6.45, 7) is 3.18. The number of carbonyl (C=O) groups excluding carboxylic acids is 2. The van der Waals surface area contributed by atoms with Crippen molar-refractivity contribution in [2.45, 2.75) is 18.5 Å². The molecule has 3 heterocycles. The highest BCUT2D eigenvalue weighted by Crippen LogP contribution is 2.28. The largest absolute Gasteiger partial charge is 0.336 e. The van der Waals surface area contributed by atoms with Crippen LogP contribution in [0.4, 0.5) is 10.1 Å². The van der Waals surface area contributed by atoms with Crippen molar-refractivity contribution in [1.29, 1.82) is 0 Å². The topological polar surface area (TPSA) is 150 Å². The molecule has 8 N–H and O–H groups in total. The normalized spacial score (nSPS) is 21.8. The van der Waals surface area contributed by atoms with Gasteiger partial charge in [0.05, 0.1) is 30.1 Å². The predicted octanol–water partition coefficient (Wildman–Crippen LogP) is -0.551. The van der Waals surface area contributed by atoms with Crippen molar-refractivity contribution < 1.29 is 14.0 Å². The summed E-state index contributed by atoms with van der Waals surface area (Å²) in [7, 11) is 0. The molecule has 182 valence electrons. The molecule has 2 aromatic rings. The van der Waals surface area contributed by atoms with E-state index in [4.69, 9.17) is 11.5 Å². The van der Waals surface area contributed by atoms with Crippen LogP contribution in [-0.4, -0.2) is 79.5 Å². The first-order valence-electron chi connectivity index (χ1n) is 11.4. The van der Waals surface area contributed by atoms with Gasteiger partial charge in [0.1, 0.15) is 6.17 Å². The van der Waals surface area contributed by atoms with Gasteiger partial charge in [-0.3, -0.25) is 25.2 Å². The first-order chi connectivity index (χ1) is 16.4. The maximum Gasteiger partial charge on any atom is 0.253 e. The molecule has 2 aliphatic rings. The number of carbonyl (C=O) groups is 2. The lowest BCUT2D eigenvalue weighted by Crippen LogP contribution is -2.64. The van der Waals surface area contributed by atoms with Crippen molar-refractivity contribution >= 4 is 17.5 Å². The number of pyridine rings is 1. The quantitative estimate of drug-likeness (QED) is 0.308. The smallest absolute Gasteiger partial charge is 0.253 e. The number of anilines is 1. The Morgan fingerprint density at radius 2 is 1.76 bits per heavy atom. The molecule has 11 heteroatoms. The van der Waals surface area contributed by atoms with Crippen LogP contribution in [0, 0.1) is 5.92 Å². The standard InChI is InChI=1S/C23H31FN8O2/c24-16-11-29-21(30-12-16)19(20(25)26)22(33)31-18-13-28-6-5-17(18)14-1-3-15(4-2-14)23(34)32-9-7-27-8-10-32/h1-6,13,16,19-21,27,29-30H,7-12,25-26H2,(H,31,33). The van der Waals surface area contributed by atoms with E-state index in [-0.39, 0.29) is 19.0 Å². The van der Waals surface area contributed by atoms with E-state index in [1.807, 2.05) is 17.0 Å². The number of alkyl halides is 1. The van der Waals surface area contributed by atoms with Gasteiger partial charge in [-0.1, -0.05) is 12.1 Å². The number of rotatable bonds is 6. The number of amides is 2. The van der Waals surface area contributed by atoms with Crippen molar-refractivity contribution in [3.05, 3.63) is 48.3 Å². The number of benzene rings is 1. The first kappa shape index (κ1) is 24.2. The van der Waals surface area contributed by atoms with E-state index < -0.39 is 30.3 Å². The Kier molecular flexibility index (Phi) is 7.80. The van der Waals surface area contributed by atoms with Crippen LogP contribution in [0.2, 0.25) is 0 Å². The van der Waals surface area contributed by atoms with Gasteiger partial charge in [0, 0.05) is 56.6 Å². The van der Waals surface area contributed by atoms with Crippen molar-refractivity contribution in [3.63, 3.8) is 0 Å². The third-order valence-corrected chi connectivity index (χ3v) is 6.12. The molecule has 0 bridgehead atoms. The molecule has 2 amide bonds. The van der Waals surface area contributed by atoms with Crippen LogP contribution in [-0.2, 0) is 4.79 Å². The van der Waals surface area contributed by atoms with Crippen molar-refractivity contribution in [3.8, 4) is 11.1 Å². The molecule has 4 rings (SSSR count). The Balaban J connectivity index is 1.50. The van der Waals surface area contributed by atoms with E-state index in [1.54, 1.807) is 30.6 Å². The highest BCUT2D eigenvalue weighted by atomic mass is 19.1. The van der Waals surface area contributed by atoms with Gasteiger partial charge in [-0.05, 0) is 23.8 Å². The van der Waals surface area contributed by atoms with Gasteiger partial charge in [-0.25, -0.2) is 4.39 Å². The molecule has 1 aromatic heterocycles. The van der Waals surface area contributed by atoms with E-state index in [0.717, 1.165) is 24.2 Å². The average molecular weight is 471 g/mol. The SMILES string of the molecule is NC(N)C(C(=O)Nc1cnccc1-c1ccc(C(=O)N2CCNCC2)cc1)C1NCC(F)CN1. The maximum absolute atomic E-state index is 13.5. The number of piperazine rings is 1. The minimum atomic E-state index is -1.04. The number of hydrogen-bond donors (Lipinski definition) is 6. The maximum atomic E-state index is 13.5. The van der Waals surface area contributed by atoms with Crippen molar-refractivity contribution in [2.75, 3.05) is 44.6 Å². The minimum absolute atomic E-state index is 0.000852. The fraction of sp³-hybridized carbons (Fsp3) is 0.435. The Hall–Kier alpha value is -2.96. The summed E-state index contributed by atoms with van der Waals surface area (Å²) in [4.78, 5) is 31.8. The van der Waals surface area contributed by atoms with Crippen LogP contribution in [0.1, 0.15) is 10.4 Å². The van der Waals surface area contributed by atoms with Crippen LogP contribution in [0.3, 0.4) is 0 Å². The van der Waals surface area contributed by atoms with Crippen LogP contribution in [0.5, 0.6) is 0 Å². The van der Waals surface area contributed by atoms with Crippen LogP contribution >= 0.6 is 0 Å². The molecule has 2 saturated heterocycles. The molecule has 10 nitrogen and oxygen atoms in total. The Bertz CT molecular complexity index is 989. The monoisotopic (exact) mass is 470 g/mol. The zero-order chi connectivity index (χ0) is 24.1. The zero-order valence-corrected chi connectivity index (χ0v) is 18.8. The molecule has 0 saturated carbocycles. The van der Waals surface area contributed by atoms with Crippen LogP contribution in [0.25, 0.3) is 11.1 Å². The zero-order valence-electron chi connectivity index (χ0n) is 18.8. The molecule has 2 fully saturated rings. The van der Waals surface area contributed by atoms with Gasteiger partial charge in [-0.2, -0.15) is 0 Å². The third kappa shape index (κ3) is 5.57. The summed E-state index contributed by atoms with van der Waals surface area (Å²) >= 11 is 0. The van der Waals surface area contributed by atoms with Gasteiger partial charge in [0.15, 0.2) is 0 Å². The summed E-state index contributed by atoms with van der Waals surface area (Å²) in [6.07, 6.45) is 0.618. The van der Waals surface area contributed by atoms with E-state index in [1.165, 1.54) is 0 Å². The van der Waals surface area contributed by atoms with Crippen molar-refractivity contribution in [1.82, 2.24) is 25.8 Å². The van der Waals surface area contributed by atoms with Crippen LogP contribution < -0.4 is 32.7 Å². The fourth-order valence-corrected chi connectivity index (χ4v) is 4.26. The summed E-state index contributed by atoms with van der Waals surface area (Å²) in [5.41, 5.74) is 14.5. The lowest BCUT2D eigenvalue weighted by molar-refractivity contribution is -0.122. The molecule has 0 spiro atoms. The summed E-state index contributed by atoms with van der Waals surface area (Å²) in [6, 6.07) is 9.04. The average Bonchev–Trinajstić information content (AvgIpc) is 2.86. The van der Waals surface area contributed by atoms with Gasteiger partial charge in [0.25, 0.3) is 5.91 Å². The third-order valence-electron chi connectivity index (χ3n) is 6.12. The van der Waals surface area contributed by atoms with Crippen LogP contribution in [0.15, 0.2) is 42.7 Å². The van der Waals surface area contributed by atoms with Gasteiger partial charge >= 0.3 is 0 Å². The molecule has 0 aliphatic carbocycles. The molecule has 1 atom stereocenters. The van der Waals surface area contributed by atoms with E-state index in [2.05, 4.69) is 26.3 Å². The number of nitrogens with zero attached hydrogens (tertiary/aromatic N) is 2. The predicted molar refractivity (Wildman–Crippen MR) is 127 cm³/mol. The number of halogens is 1. The van der Waals surface area contributed by atoms with E-state index in [0.29, 0.717) is 24.3 Å². The summed E-state index contributed by atoms with van der Waals surface area (Å²) < 4.78 is 13.5. The molecule has 1 unspecified atom stereocenters. The molecule has 2 aliphatic heterocycles. The Labute approximate surface area is 197 Å². The molecule has 34 heavy (non-hydrogen) atoms. The lowest BCUT2D eigenvalue weighted by atomic mass is 9.98. The molecule has 0 radical (unpaired) electrons. The number of aromatic nitrogens is 1. The van der Waals surface area contributed by atoms with E-state index in [9.17, 15) is 14.0 Å². The molecular formula is C23H31FN8O2. The highest BCUT2D eigenvalue weighted by molar-refractivity contribution is 5.98. The highest BCUT2D eigenvalue weighted by Gasteiger charge is 2.35. The van der Waals surface area contributed by atoms with Gasteiger partial charge in [-0.15, -0.1) is 0 Å². The van der Waals surface area contributed by atoms with Crippen molar-refractivity contribution in [2.24, 2.45) is 17.4 Å². The first-order valence-corrected chi connectivity index (χ1v) is 11.4. The fourth-order valence-electron chi connectivity index (χ4n) is 4.26. The van der Waals surface area contributed by atoms with Gasteiger partial charge < -0.3 is 27.0 Å². The number of nitrogens with one attached hydrogen (secondary N) is 4. The number of nitrogens with two attached hydrogens (primary N) is 2. The van der Waals surface area contributed by atoms with E-state index >= 15 is 0 Å². The molecule has 1 aromatic carbocycles. The number of hydrogen-bond acceptors (Lipinski definition) is 8. The Morgan fingerprint density at radius 1 is 1.09 bits per heavy atom. The summed E-state index contributed by atoms with van der Waals surface area (Å²) in [5, 5.41) is 12.0. The Morgan fingerprint density at radius 3 is 2.41 bits per heavy atom. The van der Waals surface area contributed by atoms with Gasteiger partial charge in [0.2, 0.25) is 5.91 Å². The second kappa shape index (κ2) is 11.0. The molecular weight excluding hydrogens is 439 g/mol.